The number of rotatable bonds is 7. The van der Waals surface area contributed by atoms with E-state index in [1.165, 1.54) is 4.68 Å². The Labute approximate surface area is 86.0 Å². The molecule has 0 atom stereocenters. The summed E-state index contributed by atoms with van der Waals surface area (Å²) in [5.41, 5.74) is 8.01. The van der Waals surface area contributed by atoms with Gasteiger partial charge in [-0.25, -0.2) is 4.68 Å². The first-order valence-electron chi connectivity index (χ1n) is 4.35. The number of amides is 1. The summed E-state index contributed by atoms with van der Waals surface area (Å²) >= 11 is 0. The number of aromatic nitrogens is 3. The second-order valence-electron chi connectivity index (χ2n) is 2.77. The number of carbonyl (C=O) groups is 1. The molecule has 0 bridgehead atoms. The van der Waals surface area contributed by atoms with Gasteiger partial charge in [-0.2, -0.15) is 5.48 Å². The molecule has 0 fully saturated rings. The minimum absolute atomic E-state index is 0.00834. The Balaban J connectivity index is 2.22. The van der Waals surface area contributed by atoms with Gasteiger partial charge >= 0.3 is 0 Å². The Morgan fingerprint density at radius 3 is 3.20 bits per heavy atom. The molecule has 0 aromatic carbocycles. The zero-order valence-electron chi connectivity index (χ0n) is 8.09. The fourth-order valence-electron chi connectivity index (χ4n) is 0.878. The van der Waals surface area contributed by atoms with Crippen LogP contribution in [0.25, 0.3) is 0 Å². The summed E-state index contributed by atoms with van der Waals surface area (Å²) in [7, 11) is 0. The minimum Gasteiger partial charge on any atom is -0.394 e. The molecular formula is C7H13N5O3. The van der Waals surface area contributed by atoms with Crippen molar-refractivity contribution in [1.82, 2.24) is 20.5 Å². The zero-order chi connectivity index (χ0) is 11.1. The van der Waals surface area contributed by atoms with E-state index in [0.717, 1.165) is 0 Å². The summed E-state index contributed by atoms with van der Waals surface area (Å²) < 4.78 is 1.51. The Hall–Kier alpha value is -1.51. The van der Waals surface area contributed by atoms with E-state index in [2.05, 4.69) is 15.8 Å². The summed E-state index contributed by atoms with van der Waals surface area (Å²) in [6, 6.07) is 0. The predicted octanol–water partition coefficient (Wildman–Crippen LogP) is -2.22. The Morgan fingerprint density at radius 2 is 2.53 bits per heavy atom. The van der Waals surface area contributed by atoms with Crippen LogP contribution < -0.4 is 11.2 Å². The number of aliphatic hydroxyl groups is 1. The monoisotopic (exact) mass is 215 g/mol. The third-order valence-electron chi connectivity index (χ3n) is 1.48. The summed E-state index contributed by atoms with van der Waals surface area (Å²) in [6.07, 6.45) is 1.66. The highest BCUT2D eigenvalue weighted by molar-refractivity contribution is 5.74. The van der Waals surface area contributed by atoms with Crippen molar-refractivity contribution in [3.63, 3.8) is 0 Å². The average molecular weight is 215 g/mol. The van der Waals surface area contributed by atoms with Crippen LogP contribution in [0.15, 0.2) is 6.20 Å². The number of nitrogens with zero attached hydrogens (tertiary/aromatic N) is 3. The van der Waals surface area contributed by atoms with Crippen molar-refractivity contribution in [3.05, 3.63) is 11.9 Å². The lowest BCUT2D eigenvalue weighted by atomic mass is 10.5. The second kappa shape index (κ2) is 6.06. The number of nitrogens with one attached hydrogen (secondary N) is 1. The van der Waals surface area contributed by atoms with Gasteiger partial charge in [0.15, 0.2) is 0 Å². The molecule has 0 saturated heterocycles. The van der Waals surface area contributed by atoms with Crippen LogP contribution in [0.2, 0.25) is 0 Å². The van der Waals surface area contributed by atoms with Crippen molar-refractivity contribution in [3.8, 4) is 0 Å². The van der Waals surface area contributed by atoms with Crippen molar-refractivity contribution in [2.45, 2.75) is 13.1 Å². The topological polar surface area (TPSA) is 115 Å². The van der Waals surface area contributed by atoms with E-state index in [4.69, 9.17) is 15.7 Å². The summed E-state index contributed by atoms with van der Waals surface area (Å²) in [5, 5.41) is 16.2. The Kier molecular flexibility index (Phi) is 4.68. The summed E-state index contributed by atoms with van der Waals surface area (Å²) in [6.45, 7) is 0.535. The van der Waals surface area contributed by atoms with Gasteiger partial charge in [0.25, 0.3) is 0 Å². The number of carbonyl (C=O) groups excluding carboxylic acids is 1. The molecule has 0 unspecified atom stereocenters. The van der Waals surface area contributed by atoms with E-state index in [1.807, 2.05) is 0 Å². The number of aliphatic hydroxyl groups excluding tert-OH is 1. The fraction of sp³-hybridized carbons (Fsp3) is 0.571. The van der Waals surface area contributed by atoms with Crippen LogP contribution in [0.3, 0.4) is 0 Å². The molecule has 8 nitrogen and oxygen atoms in total. The van der Waals surface area contributed by atoms with Crippen LogP contribution in [-0.4, -0.2) is 39.2 Å². The molecular weight excluding hydrogens is 202 g/mol. The summed E-state index contributed by atoms with van der Waals surface area (Å²) in [5.74, 6) is -0.550. The first kappa shape index (κ1) is 11.6. The van der Waals surface area contributed by atoms with Gasteiger partial charge in [-0.05, 0) is 0 Å². The van der Waals surface area contributed by atoms with Crippen molar-refractivity contribution in [2.24, 2.45) is 5.73 Å². The molecule has 84 valence electrons. The average Bonchev–Trinajstić information content (AvgIpc) is 2.61. The third kappa shape index (κ3) is 4.49. The molecule has 0 aliphatic rings. The van der Waals surface area contributed by atoms with Crippen LogP contribution >= 0.6 is 0 Å². The highest BCUT2D eigenvalue weighted by atomic mass is 16.6. The number of hydroxylamine groups is 1. The maximum Gasteiger partial charge on any atom is 0.245 e. The molecule has 0 aliphatic carbocycles. The van der Waals surface area contributed by atoms with Crippen LogP contribution in [0.1, 0.15) is 5.69 Å². The Morgan fingerprint density at radius 1 is 1.73 bits per heavy atom. The molecule has 15 heavy (non-hydrogen) atoms. The van der Waals surface area contributed by atoms with Gasteiger partial charge in [0.05, 0.1) is 25.4 Å². The molecule has 8 heteroatoms. The molecule has 1 aromatic rings. The predicted molar refractivity (Wildman–Crippen MR) is 49.1 cm³/mol. The van der Waals surface area contributed by atoms with Crippen LogP contribution in [0, 0.1) is 0 Å². The number of primary amides is 1. The molecule has 1 rings (SSSR count). The number of hydrogen-bond donors (Lipinski definition) is 3. The molecule has 0 aliphatic heterocycles. The second-order valence-corrected chi connectivity index (χ2v) is 2.77. The van der Waals surface area contributed by atoms with Gasteiger partial charge in [0, 0.05) is 6.20 Å². The maximum absolute atomic E-state index is 10.3. The van der Waals surface area contributed by atoms with Gasteiger partial charge in [-0.3, -0.25) is 9.63 Å². The molecule has 0 spiro atoms. The lowest BCUT2D eigenvalue weighted by Gasteiger charge is -2.00. The van der Waals surface area contributed by atoms with Gasteiger partial charge in [-0.15, -0.1) is 5.10 Å². The molecule has 1 aromatic heterocycles. The highest BCUT2D eigenvalue weighted by Crippen LogP contribution is 1.91. The molecule has 1 heterocycles. The highest BCUT2D eigenvalue weighted by Gasteiger charge is 2.00. The number of nitrogens with two attached hydrogens (primary N) is 1. The van der Waals surface area contributed by atoms with E-state index < -0.39 is 5.91 Å². The maximum atomic E-state index is 10.3. The van der Waals surface area contributed by atoms with Crippen molar-refractivity contribution >= 4 is 5.91 Å². The third-order valence-corrected chi connectivity index (χ3v) is 1.48. The summed E-state index contributed by atoms with van der Waals surface area (Å²) in [4.78, 5) is 15.0. The van der Waals surface area contributed by atoms with Gasteiger partial charge < -0.3 is 10.8 Å². The van der Waals surface area contributed by atoms with E-state index in [9.17, 15) is 4.79 Å². The molecule has 1 amide bonds. The quantitative estimate of drug-likeness (QED) is 0.350. The van der Waals surface area contributed by atoms with Crippen LogP contribution in [0.4, 0.5) is 0 Å². The van der Waals surface area contributed by atoms with E-state index in [1.54, 1.807) is 6.20 Å². The normalized spacial score (nSPS) is 10.5. The van der Waals surface area contributed by atoms with Crippen LogP contribution in [0.5, 0.6) is 0 Å². The molecule has 0 radical (unpaired) electrons. The van der Waals surface area contributed by atoms with Gasteiger partial charge in [0.2, 0.25) is 5.91 Å². The minimum atomic E-state index is -0.550. The van der Waals surface area contributed by atoms with Crippen molar-refractivity contribution < 1.29 is 14.7 Å². The molecule has 4 N–H and O–H groups in total. The SMILES string of the molecule is NC(=O)CONCc1cn(CCO)nn1. The van der Waals surface area contributed by atoms with Gasteiger partial charge in [0.1, 0.15) is 6.61 Å². The largest absolute Gasteiger partial charge is 0.394 e. The first-order chi connectivity index (χ1) is 7.22. The smallest absolute Gasteiger partial charge is 0.245 e. The van der Waals surface area contributed by atoms with Crippen molar-refractivity contribution in [2.75, 3.05) is 13.2 Å². The lowest BCUT2D eigenvalue weighted by Crippen LogP contribution is -2.24. The van der Waals surface area contributed by atoms with Crippen molar-refractivity contribution in [1.29, 1.82) is 0 Å². The number of hydrogen-bond acceptors (Lipinski definition) is 6. The standard InChI is InChI=1S/C7H13N5O3/c8-7(14)5-15-9-3-6-4-12(1-2-13)11-10-6/h4,9,13H,1-3,5H2,(H2,8,14). The molecule has 0 saturated carbocycles. The van der Waals surface area contributed by atoms with E-state index in [0.29, 0.717) is 18.8 Å². The van der Waals surface area contributed by atoms with E-state index >= 15 is 0 Å². The fourth-order valence-corrected chi connectivity index (χ4v) is 0.878. The van der Waals surface area contributed by atoms with Gasteiger partial charge in [-0.1, -0.05) is 5.21 Å². The Bertz CT molecular complexity index is 313. The van der Waals surface area contributed by atoms with Crippen LogP contribution in [-0.2, 0) is 22.7 Å². The van der Waals surface area contributed by atoms with E-state index in [-0.39, 0.29) is 13.2 Å². The lowest BCUT2D eigenvalue weighted by molar-refractivity contribution is -0.125. The first-order valence-corrected chi connectivity index (χ1v) is 4.35. The zero-order valence-corrected chi connectivity index (χ0v) is 8.09.